The van der Waals surface area contributed by atoms with Gasteiger partial charge in [0, 0.05) is 12.7 Å². The third-order valence-electron chi connectivity index (χ3n) is 2.85. The van der Waals surface area contributed by atoms with Gasteiger partial charge in [-0.3, -0.25) is 4.79 Å². The minimum atomic E-state index is -0.170. The van der Waals surface area contributed by atoms with E-state index in [1.807, 2.05) is 25.2 Å². The van der Waals surface area contributed by atoms with Gasteiger partial charge in [0.15, 0.2) is 0 Å². The van der Waals surface area contributed by atoms with E-state index in [9.17, 15) is 4.79 Å². The highest BCUT2D eigenvalue weighted by molar-refractivity contribution is 6.00. The van der Waals surface area contributed by atoms with Gasteiger partial charge >= 0.3 is 0 Å². The number of hydrogen-bond acceptors (Lipinski definition) is 3. The number of anilines is 1. The number of rotatable bonds is 2. The molecule has 1 atom stereocenters. The maximum Gasteiger partial charge on any atom is 0.231 e. The van der Waals surface area contributed by atoms with Crippen LogP contribution in [0, 0.1) is 0 Å². The van der Waals surface area contributed by atoms with Crippen molar-refractivity contribution in [1.29, 1.82) is 0 Å². The van der Waals surface area contributed by atoms with Gasteiger partial charge in [-0.15, -0.1) is 0 Å². The maximum absolute atomic E-state index is 11.5. The average Bonchev–Trinajstić information content (AvgIpc) is 2.53. The lowest BCUT2D eigenvalue weighted by Gasteiger charge is -2.13. The fourth-order valence-electron chi connectivity index (χ4n) is 1.85. The molecule has 1 aliphatic rings. The molecule has 4 nitrogen and oxygen atoms in total. The molecule has 0 aliphatic carbocycles. The summed E-state index contributed by atoms with van der Waals surface area (Å²) >= 11 is 0. The predicted octanol–water partition coefficient (Wildman–Crippen LogP) is 0.382. The second kappa shape index (κ2) is 3.64. The Morgan fingerprint density at radius 3 is 2.93 bits per heavy atom. The molecule has 0 fully saturated rings. The summed E-state index contributed by atoms with van der Waals surface area (Å²) in [6.45, 7) is 0. The lowest BCUT2D eigenvalue weighted by Crippen LogP contribution is -2.24. The summed E-state index contributed by atoms with van der Waals surface area (Å²) in [5.74, 6) is 0.139. The molecule has 0 bridgehead atoms. The lowest BCUT2D eigenvalue weighted by molar-refractivity contribution is -0.117. The quantitative estimate of drug-likeness (QED) is 0.686. The summed E-state index contributed by atoms with van der Waals surface area (Å²) < 4.78 is 0. The van der Waals surface area contributed by atoms with Crippen LogP contribution in [0.1, 0.15) is 17.3 Å². The molecule has 1 heterocycles. The highest BCUT2D eigenvalue weighted by atomic mass is 16.2. The van der Waals surface area contributed by atoms with E-state index in [0.717, 1.165) is 16.8 Å². The van der Waals surface area contributed by atoms with Crippen LogP contribution in [-0.4, -0.2) is 20.0 Å². The zero-order valence-electron chi connectivity index (χ0n) is 8.95. The molecule has 1 aromatic rings. The van der Waals surface area contributed by atoms with E-state index in [1.54, 1.807) is 11.9 Å². The van der Waals surface area contributed by atoms with Crippen LogP contribution < -0.4 is 16.0 Å². The molecule has 0 saturated heterocycles. The molecule has 1 unspecified atom stereocenters. The van der Waals surface area contributed by atoms with Crippen molar-refractivity contribution in [2.45, 2.75) is 12.6 Å². The first kappa shape index (κ1) is 10.1. The monoisotopic (exact) mass is 205 g/mol. The van der Waals surface area contributed by atoms with Crippen molar-refractivity contribution < 1.29 is 4.79 Å². The Hall–Kier alpha value is -1.39. The van der Waals surface area contributed by atoms with Crippen LogP contribution in [0.25, 0.3) is 0 Å². The molecule has 0 radical (unpaired) electrons. The van der Waals surface area contributed by atoms with E-state index >= 15 is 0 Å². The smallest absolute Gasteiger partial charge is 0.231 e. The van der Waals surface area contributed by atoms with Crippen molar-refractivity contribution in [1.82, 2.24) is 5.32 Å². The van der Waals surface area contributed by atoms with Crippen molar-refractivity contribution in [3.8, 4) is 0 Å². The zero-order valence-corrected chi connectivity index (χ0v) is 8.95. The van der Waals surface area contributed by atoms with Gasteiger partial charge in [0.1, 0.15) is 0 Å². The number of nitrogens with two attached hydrogens (primary N) is 1. The first-order valence-corrected chi connectivity index (χ1v) is 4.95. The van der Waals surface area contributed by atoms with E-state index in [2.05, 4.69) is 5.32 Å². The van der Waals surface area contributed by atoms with Gasteiger partial charge in [-0.05, 0) is 24.2 Å². The number of nitrogens with zero attached hydrogens (tertiary/aromatic N) is 1. The molecular formula is C11H15N3O. The summed E-state index contributed by atoms with van der Waals surface area (Å²) in [6, 6.07) is 5.90. The predicted molar refractivity (Wildman–Crippen MR) is 59.5 cm³/mol. The van der Waals surface area contributed by atoms with Gasteiger partial charge in [0.2, 0.25) is 5.91 Å². The van der Waals surface area contributed by atoms with Crippen molar-refractivity contribution in [2.75, 3.05) is 19.0 Å². The molecule has 1 aromatic carbocycles. The summed E-state index contributed by atoms with van der Waals surface area (Å²) in [5, 5.41) is 2.97. The van der Waals surface area contributed by atoms with Crippen molar-refractivity contribution in [3.63, 3.8) is 0 Å². The van der Waals surface area contributed by atoms with Crippen LogP contribution in [0.2, 0.25) is 0 Å². The molecule has 0 saturated carbocycles. The van der Waals surface area contributed by atoms with Gasteiger partial charge in [0.05, 0.1) is 12.6 Å². The number of carbonyl (C=O) groups excluding carboxylic acids is 1. The molecule has 0 spiro atoms. The Labute approximate surface area is 89.1 Å². The third-order valence-corrected chi connectivity index (χ3v) is 2.85. The van der Waals surface area contributed by atoms with Gasteiger partial charge in [-0.2, -0.15) is 0 Å². The van der Waals surface area contributed by atoms with Crippen molar-refractivity contribution in [2.24, 2.45) is 5.73 Å². The number of nitrogens with one attached hydrogen (secondary N) is 1. The van der Waals surface area contributed by atoms with Crippen LogP contribution in [0.4, 0.5) is 5.69 Å². The molecule has 1 amide bonds. The third kappa shape index (κ3) is 1.62. The summed E-state index contributed by atoms with van der Waals surface area (Å²) in [4.78, 5) is 13.1. The largest absolute Gasteiger partial charge is 0.315 e. The molecule has 0 aromatic heterocycles. The first-order chi connectivity index (χ1) is 7.13. The van der Waals surface area contributed by atoms with Crippen LogP contribution >= 0.6 is 0 Å². The SMILES string of the molecule is CNC(N)c1ccc2c(c1)CC(=O)N2C. The van der Waals surface area contributed by atoms with Gasteiger partial charge in [-0.1, -0.05) is 12.1 Å². The molecule has 80 valence electrons. The van der Waals surface area contributed by atoms with Gasteiger partial charge in [-0.25, -0.2) is 0 Å². The minimum Gasteiger partial charge on any atom is -0.315 e. The van der Waals surface area contributed by atoms with Crippen LogP contribution in [0.15, 0.2) is 18.2 Å². The normalized spacial score (nSPS) is 16.7. The van der Waals surface area contributed by atoms with Crippen LogP contribution in [0.5, 0.6) is 0 Å². The molecular weight excluding hydrogens is 190 g/mol. The van der Waals surface area contributed by atoms with Crippen LogP contribution in [-0.2, 0) is 11.2 Å². The summed E-state index contributed by atoms with van der Waals surface area (Å²) in [7, 11) is 3.61. The molecule has 4 heteroatoms. The number of benzene rings is 1. The van der Waals surface area contributed by atoms with Crippen LogP contribution in [0.3, 0.4) is 0 Å². The molecule has 15 heavy (non-hydrogen) atoms. The standard InChI is InChI=1S/C11H15N3O/c1-13-11(12)7-3-4-9-8(5-7)6-10(15)14(9)2/h3-5,11,13H,6,12H2,1-2H3. The number of carbonyl (C=O) groups is 1. The fraction of sp³-hybridized carbons (Fsp3) is 0.364. The lowest BCUT2D eigenvalue weighted by atomic mass is 10.1. The molecule has 3 N–H and O–H groups in total. The second-order valence-electron chi connectivity index (χ2n) is 3.78. The van der Waals surface area contributed by atoms with E-state index < -0.39 is 0 Å². The number of hydrogen-bond donors (Lipinski definition) is 2. The summed E-state index contributed by atoms with van der Waals surface area (Å²) in [6.07, 6.45) is 0.312. The Balaban J connectivity index is 2.37. The van der Waals surface area contributed by atoms with Crippen molar-refractivity contribution >= 4 is 11.6 Å². The Morgan fingerprint density at radius 1 is 1.53 bits per heavy atom. The summed E-state index contributed by atoms with van der Waals surface area (Å²) in [5.41, 5.74) is 8.91. The average molecular weight is 205 g/mol. The molecule has 2 rings (SSSR count). The highest BCUT2D eigenvalue weighted by Crippen LogP contribution is 2.29. The van der Waals surface area contributed by atoms with E-state index in [4.69, 9.17) is 5.73 Å². The van der Waals surface area contributed by atoms with Crippen molar-refractivity contribution in [3.05, 3.63) is 29.3 Å². The fourth-order valence-corrected chi connectivity index (χ4v) is 1.85. The topological polar surface area (TPSA) is 58.4 Å². The Bertz CT molecular complexity index is 403. The van der Waals surface area contributed by atoms with E-state index in [-0.39, 0.29) is 12.1 Å². The highest BCUT2D eigenvalue weighted by Gasteiger charge is 2.24. The Kier molecular flexibility index (Phi) is 2.46. The van der Waals surface area contributed by atoms with Gasteiger partial charge in [0.25, 0.3) is 0 Å². The number of fused-ring (bicyclic) bond motifs is 1. The zero-order chi connectivity index (χ0) is 11.0. The Morgan fingerprint density at radius 2 is 2.27 bits per heavy atom. The van der Waals surface area contributed by atoms with Gasteiger partial charge < -0.3 is 16.0 Å². The molecule has 1 aliphatic heterocycles. The number of amides is 1. The number of likely N-dealkylation sites (N-methyl/N-ethyl adjacent to an activating group) is 1. The van der Waals surface area contributed by atoms with E-state index in [0.29, 0.717) is 6.42 Å². The first-order valence-electron chi connectivity index (χ1n) is 4.95. The maximum atomic E-state index is 11.5. The van der Waals surface area contributed by atoms with E-state index in [1.165, 1.54) is 0 Å². The second-order valence-corrected chi connectivity index (χ2v) is 3.78. The minimum absolute atomic E-state index is 0.139.